The number of hydrogen-bond donors (Lipinski definition) is 1. The largest absolute Gasteiger partial charge is 0.396 e. The summed E-state index contributed by atoms with van der Waals surface area (Å²) in [4.78, 5) is 13.1. The van der Waals surface area contributed by atoms with Crippen molar-refractivity contribution in [3.8, 4) is 0 Å². The molecule has 0 saturated carbocycles. The van der Waals surface area contributed by atoms with Crippen LogP contribution in [0, 0.1) is 0 Å². The number of rotatable bonds is 5. The number of nitrogens with zero attached hydrogens (tertiary/aromatic N) is 1. The molecule has 1 amide bonds. The van der Waals surface area contributed by atoms with Crippen LogP contribution in [0.3, 0.4) is 0 Å². The molecule has 0 unspecified atom stereocenters. The molecule has 1 rings (SSSR count). The van der Waals surface area contributed by atoms with E-state index in [-0.39, 0.29) is 18.9 Å². The SMILES string of the molecule is CCCc1ccc(N(C)C(=O)CCO)cc1. The van der Waals surface area contributed by atoms with Crippen LogP contribution in [0.1, 0.15) is 25.3 Å². The predicted octanol–water partition coefficient (Wildman–Crippen LogP) is 1.98. The molecule has 0 bridgehead atoms. The molecule has 0 aliphatic rings. The highest BCUT2D eigenvalue weighted by molar-refractivity contribution is 5.92. The van der Waals surface area contributed by atoms with Crippen LogP contribution in [0.5, 0.6) is 0 Å². The number of aryl methyl sites for hydroxylation is 1. The molecule has 0 radical (unpaired) electrons. The van der Waals surface area contributed by atoms with E-state index in [2.05, 4.69) is 6.92 Å². The number of carbonyl (C=O) groups excluding carboxylic acids is 1. The minimum atomic E-state index is -0.100. The molecule has 0 spiro atoms. The Labute approximate surface area is 96.7 Å². The Balaban J connectivity index is 2.69. The fourth-order valence-corrected chi connectivity index (χ4v) is 1.58. The molecule has 0 aromatic heterocycles. The molecule has 3 nitrogen and oxygen atoms in total. The van der Waals surface area contributed by atoms with E-state index in [1.54, 1.807) is 11.9 Å². The van der Waals surface area contributed by atoms with Crippen molar-refractivity contribution in [2.24, 2.45) is 0 Å². The van der Waals surface area contributed by atoms with E-state index >= 15 is 0 Å². The molecule has 88 valence electrons. The summed E-state index contributed by atoms with van der Waals surface area (Å²) in [6.07, 6.45) is 2.36. The molecule has 0 aliphatic carbocycles. The smallest absolute Gasteiger partial charge is 0.229 e. The van der Waals surface area contributed by atoms with Crippen molar-refractivity contribution in [1.82, 2.24) is 0 Å². The summed E-state index contributed by atoms with van der Waals surface area (Å²) in [7, 11) is 1.73. The minimum absolute atomic E-state index is 0.0641. The van der Waals surface area contributed by atoms with E-state index in [1.165, 1.54) is 5.56 Å². The van der Waals surface area contributed by atoms with Gasteiger partial charge in [0.2, 0.25) is 5.91 Å². The Morgan fingerprint density at radius 3 is 2.44 bits per heavy atom. The van der Waals surface area contributed by atoms with Gasteiger partial charge in [-0.15, -0.1) is 0 Å². The Morgan fingerprint density at radius 2 is 1.94 bits per heavy atom. The van der Waals surface area contributed by atoms with Gasteiger partial charge in [0, 0.05) is 12.7 Å². The van der Waals surface area contributed by atoms with E-state index in [0.717, 1.165) is 18.5 Å². The maximum Gasteiger partial charge on any atom is 0.229 e. The molecule has 0 heterocycles. The van der Waals surface area contributed by atoms with Gasteiger partial charge in [-0.05, 0) is 24.1 Å². The van der Waals surface area contributed by atoms with Crippen LogP contribution in [0.15, 0.2) is 24.3 Å². The predicted molar refractivity (Wildman–Crippen MR) is 65.5 cm³/mol. The Kier molecular flexibility index (Phi) is 4.99. The quantitative estimate of drug-likeness (QED) is 0.826. The number of anilines is 1. The topological polar surface area (TPSA) is 40.5 Å². The fraction of sp³-hybridized carbons (Fsp3) is 0.462. The molecule has 1 aromatic carbocycles. The van der Waals surface area contributed by atoms with Gasteiger partial charge >= 0.3 is 0 Å². The summed E-state index contributed by atoms with van der Waals surface area (Å²) in [5, 5.41) is 8.70. The van der Waals surface area contributed by atoms with Gasteiger partial charge in [0.25, 0.3) is 0 Å². The number of amides is 1. The lowest BCUT2D eigenvalue weighted by Crippen LogP contribution is -2.26. The second-order valence-electron chi connectivity index (χ2n) is 3.84. The third-order valence-corrected chi connectivity index (χ3v) is 2.56. The highest BCUT2D eigenvalue weighted by Crippen LogP contribution is 2.15. The van der Waals surface area contributed by atoms with E-state index < -0.39 is 0 Å². The molecule has 3 heteroatoms. The first-order valence-corrected chi connectivity index (χ1v) is 5.65. The number of aliphatic hydroxyl groups is 1. The number of aliphatic hydroxyl groups excluding tert-OH is 1. The van der Waals surface area contributed by atoms with E-state index in [0.29, 0.717) is 0 Å². The summed E-state index contributed by atoms with van der Waals surface area (Å²) in [6, 6.07) is 7.98. The van der Waals surface area contributed by atoms with Crippen LogP contribution < -0.4 is 4.90 Å². The van der Waals surface area contributed by atoms with Gasteiger partial charge < -0.3 is 10.0 Å². The van der Waals surface area contributed by atoms with Gasteiger partial charge in [-0.1, -0.05) is 25.5 Å². The van der Waals surface area contributed by atoms with Crippen LogP contribution in [-0.4, -0.2) is 24.7 Å². The lowest BCUT2D eigenvalue weighted by Gasteiger charge is -2.17. The van der Waals surface area contributed by atoms with Crippen molar-refractivity contribution in [3.05, 3.63) is 29.8 Å². The third-order valence-electron chi connectivity index (χ3n) is 2.56. The van der Waals surface area contributed by atoms with Gasteiger partial charge in [-0.25, -0.2) is 0 Å². The molecule has 1 aromatic rings. The highest BCUT2D eigenvalue weighted by atomic mass is 16.3. The highest BCUT2D eigenvalue weighted by Gasteiger charge is 2.09. The summed E-state index contributed by atoms with van der Waals surface area (Å²) in [5.41, 5.74) is 2.16. The van der Waals surface area contributed by atoms with Crippen molar-refractivity contribution in [3.63, 3.8) is 0 Å². The van der Waals surface area contributed by atoms with Gasteiger partial charge in [0.1, 0.15) is 0 Å². The van der Waals surface area contributed by atoms with Gasteiger partial charge in [0.05, 0.1) is 13.0 Å². The second kappa shape index (κ2) is 6.28. The summed E-state index contributed by atoms with van der Waals surface area (Å²) in [6.45, 7) is 2.04. The molecule has 0 atom stereocenters. The van der Waals surface area contributed by atoms with Gasteiger partial charge in [-0.2, -0.15) is 0 Å². The van der Waals surface area contributed by atoms with Crippen molar-refractivity contribution in [1.29, 1.82) is 0 Å². The van der Waals surface area contributed by atoms with Gasteiger partial charge in [-0.3, -0.25) is 4.79 Å². The standard InChI is InChI=1S/C13H19NO2/c1-3-4-11-5-7-12(8-6-11)14(2)13(16)9-10-15/h5-8,15H,3-4,9-10H2,1-2H3. The van der Waals surface area contributed by atoms with Crippen molar-refractivity contribution in [2.75, 3.05) is 18.6 Å². The fourth-order valence-electron chi connectivity index (χ4n) is 1.58. The van der Waals surface area contributed by atoms with Crippen LogP contribution in [0.2, 0.25) is 0 Å². The first-order chi connectivity index (χ1) is 7.69. The molecule has 0 fully saturated rings. The van der Waals surface area contributed by atoms with E-state index in [1.807, 2.05) is 24.3 Å². The normalized spacial score (nSPS) is 10.2. The Morgan fingerprint density at radius 1 is 1.31 bits per heavy atom. The first-order valence-electron chi connectivity index (χ1n) is 5.65. The van der Waals surface area contributed by atoms with Crippen molar-refractivity contribution >= 4 is 11.6 Å². The molecule has 0 aliphatic heterocycles. The van der Waals surface area contributed by atoms with Crippen LogP contribution in [0.4, 0.5) is 5.69 Å². The number of benzene rings is 1. The second-order valence-corrected chi connectivity index (χ2v) is 3.84. The zero-order valence-corrected chi connectivity index (χ0v) is 9.94. The van der Waals surface area contributed by atoms with Crippen molar-refractivity contribution in [2.45, 2.75) is 26.2 Å². The first kappa shape index (κ1) is 12.7. The van der Waals surface area contributed by atoms with E-state index in [4.69, 9.17) is 5.11 Å². The maximum absolute atomic E-state index is 11.5. The van der Waals surface area contributed by atoms with Gasteiger partial charge in [0.15, 0.2) is 0 Å². The molecule has 1 N–H and O–H groups in total. The summed E-state index contributed by atoms with van der Waals surface area (Å²) in [5.74, 6) is -0.0641. The lowest BCUT2D eigenvalue weighted by atomic mass is 10.1. The number of hydrogen-bond acceptors (Lipinski definition) is 2. The zero-order valence-electron chi connectivity index (χ0n) is 9.94. The molecular formula is C13H19NO2. The average Bonchev–Trinajstić information content (AvgIpc) is 2.30. The molecule has 0 saturated heterocycles. The molecular weight excluding hydrogens is 202 g/mol. The monoisotopic (exact) mass is 221 g/mol. The summed E-state index contributed by atoms with van der Waals surface area (Å²) >= 11 is 0. The lowest BCUT2D eigenvalue weighted by molar-refractivity contribution is -0.118. The van der Waals surface area contributed by atoms with Crippen LogP contribution in [-0.2, 0) is 11.2 Å². The maximum atomic E-state index is 11.5. The number of carbonyl (C=O) groups is 1. The Hall–Kier alpha value is -1.35. The summed E-state index contributed by atoms with van der Waals surface area (Å²) < 4.78 is 0. The van der Waals surface area contributed by atoms with Crippen molar-refractivity contribution < 1.29 is 9.90 Å². The third kappa shape index (κ3) is 3.35. The zero-order chi connectivity index (χ0) is 12.0. The molecule has 16 heavy (non-hydrogen) atoms. The Bertz CT molecular complexity index is 332. The minimum Gasteiger partial charge on any atom is -0.396 e. The van der Waals surface area contributed by atoms with Crippen LogP contribution >= 0.6 is 0 Å². The average molecular weight is 221 g/mol. The van der Waals surface area contributed by atoms with Crippen LogP contribution in [0.25, 0.3) is 0 Å². The van der Waals surface area contributed by atoms with E-state index in [9.17, 15) is 4.79 Å².